The number of aliphatic hydroxyl groups excluding tert-OH is 1. The fourth-order valence-corrected chi connectivity index (χ4v) is 3.20. The van der Waals surface area contributed by atoms with Crippen molar-refractivity contribution in [3.8, 4) is 0 Å². The third kappa shape index (κ3) is 3.42. The lowest BCUT2D eigenvalue weighted by Crippen LogP contribution is -2.42. The zero-order valence-electron chi connectivity index (χ0n) is 12.2. The quantitative estimate of drug-likeness (QED) is 0.883. The SMILES string of the molecule is CN(C)S(=O)(=O)c1ccc(C(=O)N2CCC[C@H](O)C2)cc1. The van der Waals surface area contributed by atoms with Gasteiger partial charge in [0, 0.05) is 32.7 Å². The largest absolute Gasteiger partial charge is 0.391 e. The molecule has 1 saturated heterocycles. The molecule has 0 aromatic heterocycles. The highest BCUT2D eigenvalue weighted by atomic mass is 32.2. The number of piperidine rings is 1. The van der Waals surface area contributed by atoms with Gasteiger partial charge in [-0.1, -0.05) is 0 Å². The van der Waals surface area contributed by atoms with Crippen LogP contribution in [0.25, 0.3) is 0 Å². The number of amides is 1. The van der Waals surface area contributed by atoms with Crippen molar-refractivity contribution in [1.82, 2.24) is 9.21 Å². The van der Waals surface area contributed by atoms with Gasteiger partial charge in [-0.25, -0.2) is 12.7 Å². The van der Waals surface area contributed by atoms with Gasteiger partial charge in [-0.15, -0.1) is 0 Å². The maximum absolute atomic E-state index is 12.3. The van der Waals surface area contributed by atoms with Crippen LogP contribution in [0.3, 0.4) is 0 Å². The fraction of sp³-hybridized carbons (Fsp3) is 0.500. The number of sulfonamides is 1. The molecule has 1 atom stereocenters. The van der Waals surface area contributed by atoms with Crippen LogP contribution in [0, 0.1) is 0 Å². The van der Waals surface area contributed by atoms with Crippen LogP contribution in [-0.2, 0) is 10.0 Å². The van der Waals surface area contributed by atoms with Crippen LogP contribution in [0.2, 0.25) is 0 Å². The Balaban J connectivity index is 2.17. The van der Waals surface area contributed by atoms with Gasteiger partial charge in [0.2, 0.25) is 10.0 Å². The van der Waals surface area contributed by atoms with Crippen LogP contribution in [-0.4, -0.2) is 61.9 Å². The molecule has 0 unspecified atom stereocenters. The van der Waals surface area contributed by atoms with Gasteiger partial charge in [0.1, 0.15) is 0 Å². The average molecular weight is 312 g/mol. The Morgan fingerprint density at radius 2 is 1.90 bits per heavy atom. The smallest absolute Gasteiger partial charge is 0.253 e. The average Bonchev–Trinajstić information content (AvgIpc) is 2.46. The maximum atomic E-state index is 12.3. The van der Waals surface area contributed by atoms with Crippen LogP contribution in [0.1, 0.15) is 23.2 Å². The van der Waals surface area contributed by atoms with Crippen LogP contribution in [0.15, 0.2) is 29.2 Å². The van der Waals surface area contributed by atoms with Crippen molar-refractivity contribution in [2.45, 2.75) is 23.8 Å². The van der Waals surface area contributed by atoms with E-state index in [-0.39, 0.29) is 10.8 Å². The molecular weight excluding hydrogens is 292 g/mol. The molecule has 1 aromatic carbocycles. The summed E-state index contributed by atoms with van der Waals surface area (Å²) in [4.78, 5) is 14.1. The molecule has 0 saturated carbocycles. The molecule has 1 aliphatic heterocycles. The Kier molecular flexibility index (Phi) is 4.65. The number of carbonyl (C=O) groups is 1. The molecule has 0 aliphatic carbocycles. The Bertz CT molecular complexity index is 610. The van der Waals surface area contributed by atoms with E-state index in [4.69, 9.17) is 0 Å². The number of rotatable bonds is 3. The molecule has 6 nitrogen and oxygen atoms in total. The van der Waals surface area contributed by atoms with Gasteiger partial charge in [-0.05, 0) is 37.1 Å². The summed E-state index contributed by atoms with van der Waals surface area (Å²) in [5.41, 5.74) is 0.432. The Morgan fingerprint density at radius 1 is 1.29 bits per heavy atom. The van der Waals surface area contributed by atoms with Crippen LogP contribution < -0.4 is 0 Å². The molecule has 1 aliphatic rings. The van der Waals surface area contributed by atoms with E-state index < -0.39 is 16.1 Å². The monoisotopic (exact) mass is 312 g/mol. The molecule has 0 radical (unpaired) electrons. The number of hydrogen-bond donors (Lipinski definition) is 1. The second-order valence-corrected chi connectivity index (χ2v) is 7.51. The van der Waals surface area contributed by atoms with Crippen molar-refractivity contribution in [3.63, 3.8) is 0 Å². The highest BCUT2D eigenvalue weighted by Crippen LogP contribution is 2.17. The lowest BCUT2D eigenvalue weighted by Gasteiger charge is -2.30. The molecule has 0 bridgehead atoms. The minimum absolute atomic E-state index is 0.155. The van der Waals surface area contributed by atoms with Crippen molar-refractivity contribution in [1.29, 1.82) is 0 Å². The summed E-state index contributed by atoms with van der Waals surface area (Å²) in [6.07, 6.45) is 1.01. The van der Waals surface area contributed by atoms with Crippen molar-refractivity contribution < 1.29 is 18.3 Å². The van der Waals surface area contributed by atoms with Crippen LogP contribution in [0.4, 0.5) is 0 Å². The number of aliphatic hydroxyl groups is 1. The van der Waals surface area contributed by atoms with E-state index >= 15 is 0 Å². The van der Waals surface area contributed by atoms with E-state index in [9.17, 15) is 18.3 Å². The summed E-state index contributed by atoms with van der Waals surface area (Å²) in [5, 5.41) is 9.61. The molecule has 116 valence electrons. The van der Waals surface area contributed by atoms with Gasteiger partial charge < -0.3 is 10.0 Å². The van der Waals surface area contributed by atoms with Gasteiger partial charge in [0.05, 0.1) is 11.0 Å². The topological polar surface area (TPSA) is 77.9 Å². The van der Waals surface area contributed by atoms with Gasteiger partial charge in [0.25, 0.3) is 5.91 Å². The fourth-order valence-electron chi connectivity index (χ4n) is 2.30. The lowest BCUT2D eigenvalue weighted by atomic mass is 10.1. The summed E-state index contributed by atoms with van der Waals surface area (Å²) >= 11 is 0. The molecule has 1 N–H and O–H groups in total. The van der Waals surface area contributed by atoms with E-state index in [1.54, 1.807) is 4.90 Å². The Hall–Kier alpha value is -1.44. The lowest BCUT2D eigenvalue weighted by molar-refractivity contribution is 0.0473. The van der Waals surface area contributed by atoms with E-state index in [1.165, 1.54) is 38.4 Å². The molecule has 2 rings (SSSR count). The third-order valence-electron chi connectivity index (χ3n) is 3.56. The highest BCUT2D eigenvalue weighted by Gasteiger charge is 2.24. The number of likely N-dealkylation sites (tertiary alicyclic amines) is 1. The third-order valence-corrected chi connectivity index (χ3v) is 5.39. The second-order valence-electron chi connectivity index (χ2n) is 5.36. The van der Waals surface area contributed by atoms with Crippen molar-refractivity contribution in [2.75, 3.05) is 27.2 Å². The predicted molar refractivity (Wildman–Crippen MR) is 78.5 cm³/mol. The molecule has 1 amide bonds. The minimum Gasteiger partial charge on any atom is -0.391 e. The van der Waals surface area contributed by atoms with Gasteiger partial charge in [-0.3, -0.25) is 4.79 Å². The normalized spacial score (nSPS) is 19.8. The van der Waals surface area contributed by atoms with Crippen molar-refractivity contribution >= 4 is 15.9 Å². The van der Waals surface area contributed by atoms with E-state index in [0.29, 0.717) is 25.1 Å². The number of nitrogens with zero attached hydrogens (tertiary/aromatic N) is 2. The summed E-state index contributed by atoms with van der Waals surface area (Å²) in [6.45, 7) is 0.949. The first kappa shape index (κ1) is 15.9. The van der Waals surface area contributed by atoms with Crippen LogP contribution in [0.5, 0.6) is 0 Å². The van der Waals surface area contributed by atoms with Crippen molar-refractivity contribution in [2.24, 2.45) is 0 Å². The number of β-amino-alcohol motifs (C(OH)–C–C–N with tert-alkyl or cyclic N) is 1. The summed E-state index contributed by atoms with van der Waals surface area (Å²) in [5.74, 6) is -0.178. The molecule has 1 fully saturated rings. The summed E-state index contributed by atoms with van der Waals surface area (Å²) in [7, 11) is -0.561. The first-order valence-corrected chi connectivity index (χ1v) is 8.26. The molecule has 7 heteroatoms. The van der Waals surface area contributed by atoms with Crippen molar-refractivity contribution in [3.05, 3.63) is 29.8 Å². The maximum Gasteiger partial charge on any atom is 0.253 e. The zero-order valence-corrected chi connectivity index (χ0v) is 13.0. The molecule has 1 heterocycles. The number of carbonyl (C=O) groups excluding carboxylic acids is 1. The summed E-state index contributed by atoms with van der Waals surface area (Å²) in [6, 6.07) is 5.89. The van der Waals surface area contributed by atoms with Crippen LogP contribution >= 0.6 is 0 Å². The Labute approximate surface area is 125 Å². The number of benzene rings is 1. The molecule has 0 spiro atoms. The molecular formula is C14H20N2O4S. The van der Waals surface area contributed by atoms with E-state index in [1.807, 2.05) is 0 Å². The first-order chi connectivity index (χ1) is 9.82. The second kappa shape index (κ2) is 6.13. The summed E-state index contributed by atoms with van der Waals surface area (Å²) < 4.78 is 25.0. The van der Waals surface area contributed by atoms with Gasteiger partial charge >= 0.3 is 0 Å². The van der Waals surface area contributed by atoms with E-state index in [0.717, 1.165) is 10.7 Å². The standard InChI is InChI=1S/C14H20N2O4S/c1-15(2)21(19,20)13-7-5-11(6-8-13)14(18)16-9-3-4-12(17)10-16/h5-8,12,17H,3-4,9-10H2,1-2H3/t12-/m0/s1. The number of hydrogen-bond acceptors (Lipinski definition) is 4. The highest BCUT2D eigenvalue weighted by molar-refractivity contribution is 7.89. The Morgan fingerprint density at radius 3 is 2.43 bits per heavy atom. The zero-order chi connectivity index (χ0) is 15.6. The molecule has 1 aromatic rings. The molecule has 21 heavy (non-hydrogen) atoms. The van der Waals surface area contributed by atoms with Gasteiger partial charge in [-0.2, -0.15) is 0 Å². The predicted octanol–water partition coefficient (Wildman–Crippen LogP) is 0.534. The first-order valence-electron chi connectivity index (χ1n) is 6.82. The van der Waals surface area contributed by atoms with Gasteiger partial charge in [0.15, 0.2) is 0 Å². The van der Waals surface area contributed by atoms with E-state index in [2.05, 4.69) is 0 Å². The minimum atomic E-state index is -3.48.